The molecule has 1 aromatic heterocycles. The highest BCUT2D eigenvalue weighted by atomic mass is 79.9. The molecule has 0 fully saturated rings. The third kappa shape index (κ3) is 3.32. The second kappa shape index (κ2) is 4.88. The van der Waals surface area contributed by atoms with Crippen LogP contribution in [0.5, 0.6) is 0 Å². The summed E-state index contributed by atoms with van der Waals surface area (Å²) in [6.45, 7) is 0. The fourth-order valence-corrected chi connectivity index (χ4v) is 1.30. The van der Waals surface area contributed by atoms with Crippen molar-refractivity contribution < 1.29 is 4.92 Å². The van der Waals surface area contributed by atoms with Crippen LogP contribution in [0.1, 0.15) is 5.56 Å². The van der Waals surface area contributed by atoms with E-state index in [0.29, 0.717) is 10.2 Å². The van der Waals surface area contributed by atoms with Crippen LogP contribution in [0.4, 0.5) is 5.69 Å². The van der Waals surface area contributed by atoms with E-state index < -0.39 is 4.92 Å². The van der Waals surface area contributed by atoms with Gasteiger partial charge in [-0.25, -0.2) is 4.98 Å². The minimum Gasteiger partial charge on any atom is -0.383 e. The lowest BCUT2D eigenvalue weighted by molar-refractivity contribution is -0.385. The molecular weight excluding hydrogens is 262 g/mol. The van der Waals surface area contributed by atoms with Crippen LogP contribution in [0.3, 0.4) is 0 Å². The molecule has 1 rings (SSSR count). The number of pyridine rings is 1. The summed E-state index contributed by atoms with van der Waals surface area (Å²) in [5.41, 5.74) is 0.520. The highest BCUT2D eigenvalue weighted by Gasteiger charge is 2.12. The molecule has 15 heavy (non-hydrogen) atoms. The highest BCUT2D eigenvalue weighted by molar-refractivity contribution is 9.10. The SMILES string of the molecule is CN(C)C=Cc1cc(Br)ncc1[N+](=O)[O-]. The minimum absolute atomic E-state index is 0.00343. The van der Waals surface area contributed by atoms with Crippen LogP contribution >= 0.6 is 15.9 Å². The van der Waals surface area contributed by atoms with Gasteiger partial charge in [0.05, 0.1) is 10.5 Å². The largest absolute Gasteiger partial charge is 0.383 e. The number of aromatic nitrogens is 1. The summed E-state index contributed by atoms with van der Waals surface area (Å²) in [5.74, 6) is 0. The summed E-state index contributed by atoms with van der Waals surface area (Å²) in [7, 11) is 3.69. The standard InChI is InChI=1S/C9H10BrN3O2/c1-12(2)4-3-7-5-9(10)11-6-8(7)13(14)15/h3-6H,1-2H3. The van der Waals surface area contributed by atoms with E-state index in [1.807, 2.05) is 14.1 Å². The Morgan fingerprint density at radius 1 is 1.60 bits per heavy atom. The van der Waals surface area contributed by atoms with Gasteiger partial charge in [0, 0.05) is 14.1 Å². The van der Waals surface area contributed by atoms with Crippen molar-refractivity contribution in [2.24, 2.45) is 0 Å². The van der Waals surface area contributed by atoms with Crippen molar-refractivity contribution in [3.8, 4) is 0 Å². The summed E-state index contributed by atoms with van der Waals surface area (Å²) < 4.78 is 0.575. The molecule has 0 radical (unpaired) electrons. The topological polar surface area (TPSA) is 59.3 Å². The van der Waals surface area contributed by atoms with Crippen LogP contribution in [0, 0.1) is 10.1 Å². The minimum atomic E-state index is -0.450. The van der Waals surface area contributed by atoms with Crippen molar-refractivity contribution in [2.75, 3.05) is 14.1 Å². The molecule has 0 amide bonds. The molecule has 0 aliphatic heterocycles. The average molecular weight is 272 g/mol. The Morgan fingerprint density at radius 2 is 2.27 bits per heavy atom. The Balaban J connectivity index is 3.13. The van der Waals surface area contributed by atoms with Gasteiger partial charge in [0.1, 0.15) is 10.8 Å². The quantitative estimate of drug-likeness (QED) is 0.481. The lowest BCUT2D eigenvalue weighted by Crippen LogP contribution is -2.00. The first-order chi connectivity index (χ1) is 7.00. The van der Waals surface area contributed by atoms with Crippen LogP contribution in [0.15, 0.2) is 23.1 Å². The number of hydrogen-bond acceptors (Lipinski definition) is 4. The lowest BCUT2D eigenvalue weighted by Gasteiger charge is -2.03. The zero-order chi connectivity index (χ0) is 11.4. The van der Waals surface area contributed by atoms with E-state index >= 15 is 0 Å². The highest BCUT2D eigenvalue weighted by Crippen LogP contribution is 2.21. The van der Waals surface area contributed by atoms with Gasteiger partial charge < -0.3 is 4.90 Å². The maximum Gasteiger partial charge on any atom is 0.294 e. The first-order valence-corrected chi connectivity index (χ1v) is 4.94. The molecule has 0 N–H and O–H groups in total. The number of nitro groups is 1. The average Bonchev–Trinajstić information content (AvgIpc) is 2.14. The Labute approximate surface area is 95.7 Å². The Morgan fingerprint density at radius 3 is 2.80 bits per heavy atom. The smallest absolute Gasteiger partial charge is 0.294 e. The third-order valence-electron chi connectivity index (χ3n) is 1.63. The second-order valence-electron chi connectivity index (χ2n) is 3.10. The normalized spacial score (nSPS) is 10.6. The molecule has 0 bridgehead atoms. The molecule has 6 heteroatoms. The van der Waals surface area contributed by atoms with Crippen molar-refractivity contribution >= 4 is 27.7 Å². The summed E-state index contributed by atoms with van der Waals surface area (Å²) in [6.07, 6.45) is 4.65. The van der Waals surface area contributed by atoms with Crippen molar-refractivity contribution in [3.63, 3.8) is 0 Å². The number of nitrogens with zero attached hydrogens (tertiary/aromatic N) is 3. The van der Waals surface area contributed by atoms with Crippen molar-refractivity contribution in [3.05, 3.63) is 38.7 Å². The Hall–Kier alpha value is -1.43. The third-order valence-corrected chi connectivity index (χ3v) is 2.06. The van der Waals surface area contributed by atoms with Crippen molar-refractivity contribution in [1.82, 2.24) is 9.88 Å². The second-order valence-corrected chi connectivity index (χ2v) is 3.91. The van der Waals surface area contributed by atoms with Crippen LogP contribution in [0.25, 0.3) is 6.08 Å². The van der Waals surface area contributed by atoms with Crippen LogP contribution in [-0.2, 0) is 0 Å². The molecule has 1 heterocycles. The number of halogens is 1. The fraction of sp³-hybridized carbons (Fsp3) is 0.222. The predicted octanol–water partition coefficient (Wildman–Crippen LogP) is 2.28. The van der Waals surface area contributed by atoms with Crippen LogP contribution in [-0.4, -0.2) is 28.9 Å². The van der Waals surface area contributed by atoms with Crippen LogP contribution in [0.2, 0.25) is 0 Å². The van der Waals surface area contributed by atoms with E-state index in [2.05, 4.69) is 20.9 Å². The number of rotatable bonds is 3. The molecule has 80 valence electrons. The first kappa shape index (κ1) is 11.6. The monoisotopic (exact) mass is 271 g/mol. The van der Waals surface area contributed by atoms with E-state index in [-0.39, 0.29) is 5.69 Å². The molecule has 0 aliphatic carbocycles. The Kier molecular flexibility index (Phi) is 3.79. The molecule has 5 nitrogen and oxygen atoms in total. The molecule has 0 aliphatic rings. The van der Waals surface area contributed by atoms with Gasteiger partial charge in [0.2, 0.25) is 0 Å². The zero-order valence-electron chi connectivity index (χ0n) is 8.35. The molecule has 1 aromatic rings. The molecule has 0 saturated carbocycles. The maximum atomic E-state index is 10.7. The fourth-order valence-electron chi connectivity index (χ4n) is 0.952. The van der Waals surface area contributed by atoms with Gasteiger partial charge in [0.15, 0.2) is 0 Å². The summed E-state index contributed by atoms with van der Waals surface area (Å²) >= 11 is 3.17. The molecule has 0 atom stereocenters. The molecule has 0 aromatic carbocycles. The lowest BCUT2D eigenvalue weighted by atomic mass is 10.2. The molecule has 0 unspecified atom stereocenters. The van der Waals surface area contributed by atoms with Gasteiger partial charge >= 0.3 is 0 Å². The number of hydrogen-bond donors (Lipinski definition) is 0. The zero-order valence-corrected chi connectivity index (χ0v) is 9.93. The van der Waals surface area contributed by atoms with Crippen LogP contribution < -0.4 is 0 Å². The van der Waals surface area contributed by atoms with Crippen molar-refractivity contribution in [1.29, 1.82) is 0 Å². The molecular formula is C9H10BrN3O2. The van der Waals surface area contributed by atoms with Gasteiger partial charge in [-0.3, -0.25) is 10.1 Å². The molecule has 0 spiro atoms. The summed E-state index contributed by atoms with van der Waals surface area (Å²) in [6, 6.07) is 1.61. The van der Waals surface area contributed by atoms with Gasteiger partial charge in [-0.05, 0) is 34.3 Å². The van der Waals surface area contributed by atoms with E-state index in [0.717, 1.165) is 0 Å². The van der Waals surface area contributed by atoms with Crippen molar-refractivity contribution in [2.45, 2.75) is 0 Å². The summed E-state index contributed by atoms with van der Waals surface area (Å²) in [4.78, 5) is 15.9. The molecule has 0 saturated heterocycles. The van der Waals surface area contributed by atoms with E-state index in [1.54, 1.807) is 23.2 Å². The van der Waals surface area contributed by atoms with E-state index in [4.69, 9.17) is 0 Å². The van der Waals surface area contributed by atoms with Gasteiger partial charge in [-0.2, -0.15) is 0 Å². The van der Waals surface area contributed by atoms with Gasteiger partial charge in [-0.1, -0.05) is 0 Å². The first-order valence-electron chi connectivity index (χ1n) is 4.15. The predicted molar refractivity (Wildman–Crippen MR) is 61.3 cm³/mol. The van der Waals surface area contributed by atoms with Gasteiger partial charge in [-0.15, -0.1) is 0 Å². The maximum absolute atomic E-state index is 10.7. The van der Waals surface area contributed by atoms with E-state index in [1.165, 1.54) is 6.20 Å². The Bertz CT molecular complexity index is 404. The van der Waals surface area contributed by atoms with Gasteiger partial charge in [0.25, 0.3) is 5.69 Å². The summed E-state index contributed by atoms with van der Waals surface area (Å²) in [5, 5.41) is 10.7. The van der Waals surface area contributed by atoms with E-state index in [9.17, 15) is 10.1 Å².